The van der Waals surface area contributed by atoms with Gasteiger partial charge in [0.2, 0.25) is 4.77 Å². The predicted octanol–water partition coefficient (Wildman–Crippen LogP) is 1.60. The fourth-order valence-electron chi connectivity index (χ4n) is 1.47. The van der Waals surface area contributed by atoms with Crippen molar-refractivity contribution < 1.29 is 9.90 Å². The molecule has 1 aromatic heterocycles. The maximum atomic E-state index is 11.0. The van der Waals surface area contributed by atoms with Crippen molar-refractivity contribution in [3.05, 3.63) is 29.0 Å². The molecule has 1 heterocycles. The summed E-state index contributed by atoms with van der Waals surface area (Å²) in [4.78, 5) is 11.0. The van der Waals surface area contributed by atoms with Crippen LogP contribution in [0.5, 0.6) is 0 Å². The molecular weight excluding hydrogens is 266 g/mol. The molecule has 0 aliphatic carbocycles. The molecule has 0 saturated carbocycles. The number of nitrogens with one attached hydrogen (secondary N) is 2. The van der Waals surface area contributed by atoms with E-state index in [2.05, 4.69) is 20.8 Å². The molecule has 19 heavy (non-hydrogen) atoms. The molecule has 0 radical (unpaired) electrons. The lowest BCUT2D eigenvalue weighted by atomic mass is 10.1. The summed E-state index contributed by atoms with van der Waals surface area (Å²) in [5.74, 6) is -0.920. The summed E-state index contributed by atoms with van der Waals surface area (Å²) in [6.45, 7) is 3.19. The first-order chi connectivity index (χ1) is 8.90. The second-order valence-electron chi connectivity index (χ2n) is 4.52. The highest BCUT2D eigenvalue weighted by atomic mass is 32.1. The number of anilines is 1. The Balaban J connectivity index is 2.23. The maximum Gasteiger partial charge on any atom is 0.328 e. The van der Waals surface area contributed by atoms with Crippen LogP contribution < -0.4 is 5.32 Å². The van der Waals surface area contributed by atoms with E-state index in [0.29, 0.717) is 10.5 Å². The van der Waals surface area contributed by atoms with Crippen molar-refractivity contribution in [1.29, 1.82) is 0 Å². The number of aromatic nitrogens is 4. The zero-order chi connectivity index (χ0) is 14.0. The van der Waals surface area contributed by atoms with Crippen molar-refractivity contribution in [2.24, 2.45) is 0 Å². The molecule has 7 nitrogen and oxygen atoms in total. The Morgan fingerprint density at radius 3 is 2.53 bits per heavy atom. The number of aromatic amines is 1. The molecular formula is C11H13N5O2S. The molecule has 0 aliphatic heterocycles. The van der Waals surface area contributed by atoms with Gasteiger partial charge in [0, 0.05) is 5.69 Å². The molecule has 0 atom stereocenters. The Kier molecular flexibility index (Phi) is 3.34. The van der Waals surface area contributed by atoms with E-state index in [-0.39, 0.29) is 0 Å². The summed E-state index contributed by atoms with van der Waals surface area (Å²) >= 11 is 4.99. The van der Waals surface area contributed by atoms with Gasteiger partial charge in [-0.15, -0.1) is 0 Å². The summed E-state index contributed by atoms with van der Waals surface area (Å²) in [5.41, 5.74) is 0.441. The summed E-state index contributed by atoms with van der Waals surface area (Å²) < 4.78 is 1.87. The second kappa shape index (κ2) is 4.81. The van der Waals surface area contributed by atoms with Crippen LogP contribution in [0.25, 0.3) is 5.69 Å². The lowest BCUT2D eigenvalue weighted by Crippen LogP contribution is -2.39. The number of carboxylic acid groups (broad SMARTS) is 1. The molecule has 0 spiro atoms. The smallest absolute Gasteiger partial charge is 0.328 e. The molecule has 0 bridgehead atoms. The van der Waals surface area contributed by atoms with E-state index in [9.17, 15) is 4.79 Å². The molecule has 2 rings (SSSR count). The number of benzene rings is 1. The molecule has 2 aromatic rings. The van der Waals surface area contributed by atoms with E-state index in [0.717, 1.165) is 5.69 Å². The Morgan fingerprint density at radius 1 is 1.42 bits per heavy atom. The SMILES string of the molecule is CC(C)(Nc1ccc(-n2[nH]nnc2=S)cc1)C(=O)O. The molecule has 3 N–H and O–H groups in total. The highest BCUT2D eigenvalue weighted by Crippen LogP contribution is 2.17. The van der Waals surface area contributed by atoms with Gasteiger partial charge in [0.15, 0.2) is 0 Å². The molecule has 1 aromatic carbocycles. The van der Waals surface area contributed by atoms with Gasteiger partial charge in [0.25, 0.3) is 0 Å². The average Bonchev–Trinajstić information content (AvgIpc) is 2.76. The number of tetrazole rings is 1. The Morgan fingerprint density at radius 2 is 2.05 bits per heavy atom. The van der Waals surface area contributed by atoms with Gasteiger partial charge in [-0.25, -0.2) is 9.48 Å². The van der Waals surface area contributed by atoms with Crippen LogP contribution in [-0.2, 0) is 4.79 Å². The monoisotopic (exact) mass is 279 g/mol. The number of hydrogen-bond donors (Lipinski definition) is 3. The van der Waals surface area contributed by atoms with Gasteiger partial charge in [-0.1, -0.05) is 10.3 Å². The number of carbonyl (C=O) groups is 1. The third-order valence-electron chi connectivity index (χ3n) is 2.59. The van der Waals surface area contributed by atoms with Gasteiger partial charge in [-0.05, 0) is 50.3 Å². The molecule has 0 saturated heterocycles. The largest absolute Gasteiger partial charge is 0.480 e. The number of carboxylic acids is 1. The third kappa shape index (κ3) is 2.79. The van der Waals surface area contributed by atoms with Crippen molar-refractivity contribution in [2.75, 3.05) is 5.32 Å². The van der Waals surface area contributed by atoms with Crippen molar-refractivity contribution in [1.82, 2.24) is 20.2 Å². The first kappa shape index (κ1) is 13.2. The highest BCUT2D eigenvalue weighted by Gasteiger charge is 2.26. The minimum absolute atomic E-state index is 0.326. The standard InChI is InChI=1S/C11H13N5O2S/c1-11(2,9(17)18)12-7-3-5-8(6-4-7)16-10(19)13-14-15-16/h3-6,12H,1-2H3,(H,17,18)(H,13,15,19). The minimum Gasteiger partial charge on any atom is -0.480 e. The summed E-state index contributed by atoms with van der Waals surface area (Å²) in [6.07, 6.45) is 0. The van der Waals surface area contributed by atoms with Crippen molar-refractivity contribution >= 4 is 23.9 Å². The number of H-pyrrole nitrogens is 1. The van der Waals surface area contributed by atoms with Crippen LogP contribution in [0.1, 0.15) is 13.8 Å². The fraction of sp³-hybridized carbons (Fsp3) is 0.273. The number of hydrogen-bond acceptors (Lipinski definition) is 5. The van der Waals surface area contributed by atoms with Crippen molar-refractivity contribution in [2.45, 2.75) is 19.4 Å². The fourth-order valence-corrected chi connectivity index (χ4v) is 1.66. The highest BCUT2D eigenvalue weighted by molar-refractivity contribution is 7.71. The average molecular weight is 279 g/mol. The van der Waals surface area contributed by atoms with E-state index in [1.807, 2.05) is 0 Å². The lowest BCUT2D eigenvalue weighted by Gasteiger charge is -2.22. The van der Waals surface area contributed by atoms with E-state index in [1.54, 1.807) is 42.8 Å². The maximum absolute atomic E-state index is 11.0. The molecule has 8 heteroatoms. The first-order valence-corrected chi connectivity index (χ1v) is 5.93. The second-order valence-corrected chi connectivity index (χ2v) is 4.89. The third-order valence-corrected chi connectivity index (χ3v) is 2.85. The normalized spacial score (nSPS) is 11.3. The molecule has 0 amide bonds. The number of nitrogens with zero attached hydrogens (tertiary/aromatic N) is 3. The Bertz CT molecular complexity index is 644. The van der Waals surface area contributed by atoms with E-state index in [4.69, 9.17) is 17.3 Å². The van der Waals surface area contributed by atoms with Crippen molar-refractivity contribution in [3.8, 4) is 5.69 Å². The minimum atomic E-state index is -1.03. The van der Waals surface area contributed by atoms with Crippen LogP contribution in [0.15, 0.2) is 24.3 Å². The van der Waals surface area contributed by atoms with Crippen LogP contribution in [-0.4, -0.2) is 36.8 Å². The summed E-state index contributed by atoms with van der Waals surface area (Å²) in [5, 5.41) is 21.9. The van der Waals surface area contributed by atoms with Gasteiger partial charge in [-0.3, -0.25) is 0 Å². The summed E-state index contributed by atoms with van der Waals surface area (Å²) in [7, 11) is 0. The van der Waals surface area contributed by atoms with Gasteiger partial charge in [0.05, 0.1) is 5.69 Å². The molecule has 0 fully saturated rings. The molecule has 0 aliphatic rings. The van der Waals surface area contributed by atoms with Crippen LogP contribution in [0.3, 0.4) is 0 Å². The number of aliphatic carboxylic acids is 1. The van der Waals surface area contributed by atoms with Crippen LogP contribution in [0, 0.1) is 4.77 Å². The lowest BCUT2D eigenvalue weighted by molar-refractivity contribution is -0.141. The van der Waals surface area contributed by atoms with Crippen molar-refractivity contribution in [3.63, 3.8) is 0 Å². The topological polar surface area (TPSA) is 95.8 Å². The number of rotatable bonds is 4. The molecule has 0 unspecified atom stereocenters. The Hall–Kier alpha value is -2.22. The van der Waals surface area contributed by atoms with Crippen LogP contribution in [0.4, 0.5) is 5.69 Å². The van der Waals surface area contributed by atoms with Gasteiger partial charge < -0.3 is 10.4 Å². The zero-order valence-corrected chi connectivity index (χ0v) is 11.2. The van der Waals surface area contributed by atoms with Gasteiger partial charge in [0.1, 0.15) is 5.54 Å². The quantitative estimate of drug-likeness (QED) is 0.736. The van der Waals surface area contributed by atoms with Crippen LogP contribution >= 0.6 is 12.2 Å². The Labute approximate surface area is 114 Å². The van der Waals surface area contributed by atoms with E-state index in [1.165, 1.54) is 0 Å². The van der Waals surface area contributed by atoms with Gasteiger partial charge in [-0.2, -0.15) is 5.21 Å². The first-order valence-electron chi connectivity index (χ1n) is 5.52. The summed E-state index contributed by atoms with van der Waals surface area (Å²) in [6, 6.07) is 7.11. The zero-order valence-electron chi connectivity index (χ0n) is 10.4. The van der Waals surface area contributed by atoms with E-state index < -0.39 is 11.5 Å². The van der Waals surface area contributed by atoms with Crippen LogP contribution in [0.2, 0.25) is 0 Å². The van der Waals surface area contributed by atoms with E-state index >= 15 is 0 Å². The van der Waals surface area contributed by atoms with Gasteiger partial charge >= 0.3 is 5.97 Å². The molecule has 100 valence electrons. The predicted molar refractivity (Wildman–Crippen MR) is 71.9 cm³/mol.